The first-order chi connectivity index (χ1) is 15.0. The van der Waals surface area contributed by atoms with E-state index in [2.05, 4.69) is 22.5 Å². The lowest BCUT2D eigenvalue weighted by molar-refractivity contribution is -0.114. The summed E-state index contributed by atoms with van der Waals surface area (Å²) in [6.07, 6.45) is 1.56. The molecule has 0 aliphatic carbocycles. The first-order valence-electron chi connectivity index (χ1n) is 9.81. The molecule has 1 heterocycles. The third-order valence-corrected chi connectivity index (χ3v) is 4.23. The van der Waals surface area contributed by atoms with Crippen molar-refractivity contribution < 1.29 is 18.7 Å². The number of ether oxygens (including phenoxy) is 1. The molecule has 0 saturated heterocycles. The zero-order valence-electron chi connectivity index (χ0n) is 17.3. The zero-order valence-corrected chi connectivity index (χ0v) is 17.3. The molecule has 7 nitrogen and oxygen atoms in total. The normalized spacial score (nSPS) is 10.2. The van der Waals surface area contributed by atoms with Gasteiger partial charge in [0.15, 0.2) is 0 Å². The molecule has 0 fully saturated rings. The monoisotopic (exact) mass is 419 g/mol. The third kappa shape index (κ3) is 7.08. The van der Waals surface area contributed by atoms with Gasteiger partial charge in [-0.1, -0.05) is 6.58 Å². The molecule has 3 aromatic rings. The molecule has 0 aliphatic heterocycles. The number of anilines is 2. The number of carbonyl (C=O) groups excluding carboxylic acids is 2. The first-order valence-corrected chi connectivity index (χ1v) is 9.81. The van der Waals surface area contributed by atoms with E-state index in [1.54, 1.807) is 66.9 Å². The smallest absolute Gasteiger partial charge is 0.251 e. The van der Waals surface area contributed by atoms with E-state index in [9.17, 15) is 9.59 Å². The van der Waals surface area contributed by atoms with Gasteiger partial charge in [-0.2, -0.15) is 0 Å². The van der Waals surface area contributed by atoms with Crippen LogP contribution in [0.3, 0.4) is 0 Å². The lowest BCUT2D eigenvalue weighted by atomic mass is 10.2. The van der Waals surface area contributed by atoms with Crippen molar-refractivity contribution in [1.82, 2.24) is 5.32 Å². The quantitative estimate of drug-likeness (QED) is 0.428. The van der Waals surface area contributed by atoms with Crippen molar-refractivity contribution in [3.05, 3.63) is 90.4 Å². The highest BCUT2D eigenvalue weighted by atomic mass is 16.5. The van der Waals surface area contributed by atoms with E-state index in [1.165, 1.54) is 0 Å². The number of carbonyl (C=O) groups is 2. The van der Waals surface area contributed by atoms with E-state index in [0.29, 0.717) is 35.9 Å². The van der Waals surface area contributed by atoms with Crippen molar-refractivity contribution in [2.75, 3.05) is 23.8 Å². The number of nitrogens with one attached hydrogen (secondary N) is 3. The van der Waals surface area contributed by atoms with Crippen LogP contribution >= 0.6 is 0 Å². The summed E-state index contributed by atoms with van der Waals surface area (Å²) in [6.45, 7) is 6.57. The average molecular weight is 419 g/mol. The molecule has 0 atom stereocenters. The maximum absolute atomic E-state index is 12.2. The summed E-state index contributed by atoms with van der Waals surface area (Å²) in [5, 5.41) is 8.64. The van der Waals surface area contributed by atoms with Crippen LogP contribution in [-0.4, -0.2) is 25.0 Å². The summed E-state index contributed by atoms with van der Waals surface area (Å²) in [6, 6.07) is 17.6. The van der Waals surface area contributed by atoms with Crippen LogP contribution < -0.4 is 20.7 Å². The minimum atomic E-state index is -0.198. The summed E-state index contributed by atoms with van der Waals surface area (Å²) in [5.41, 5.74) is 2.88. The van der Waals surface area contributed by atoms with Crippen LogP contribution in [0.2, 0.25) is 0 Å². The molecule has 3 N–H and O–H groups in total. The van der Waals surface area contributed by atoms with Gasteiger partial charge < -0.3 is 25.1 Å². The Morgan fingerprint density at radius 1 is 1.00 bits per heavy atom. The number of benzene rings is 2. The van der Waals surface area contributed by atoms with E-state index >= 15 is 0 Å². The molecule has 0 aliphatic rings. The van der Waals surface area contributed by atoms with E-state index in [1.807, 2.05) is 6.92 Å². The van der Waals surface area contributed by atoms with Gasteiger partial charge in [-0.3, -0.25) is 9.59 Å². The Balaban J connectivity index is 1.42. The highest BCUT2D eigenvalue weighted by molar-refractivity contribution is 5.95. The Labute approximate surface area is 181 Å². The van der Waals surface area contributed by atoms with Crippen LogP contribution in [0.4, 0.5) is 11.4 Å². The lowest BCUT2D eigenvalue weighted by Gasteiger charge is -2.10. The van der Waals surface area contributed by atoms with Crippen LogP contribution in [0, 0.1) is 0 Å². The molecule has 0 radical (unpaired) electrons. The SMILES string of the molecule is C=C(C)COc1ccc(NC(=O)CNc2ccc(C(=O)NCc3ccco3)cc2)cc1. The molecule has 160 valence electrons. The standard InChI is InChI=1S/C24H25N3O4/c1-17(2)16-31-21-11-9-20(10-12-21)27-23(28)15-25-19-7-5-18(6-8-19)24(29)26-14-22-4-3-13-30-22/h3-13,25H,1,14-16H2,2H3,(H,26,29)(H,27,28). The molecule has 0 saturated carbocycles. The summed E-state index contributed by atoms with van der Waals surface area (Å²) < 4.78 is 10.7. The largest absolute Gasteiger partial charge is 0.489 e. The molecular formula is C24H25N3O4. The second kappa shape index (κ2) is 10.7. The Morgan fingerprint density at radius 2 is 1.71 bits per heavy atom. The van der Waals surface area contributed by atoms with Gasteiger partial charge in [-0.05, 0) is 73.2 Å². The van der Waals surface area contributed by atoms with E-state index in [0.717, 1.165) is 11.3 Å². The van der Waals surface area contributed by atoms with Gasteiger partial charge in [-0.15, -0.1) is 0 Å². The zero-order chi connectivity index (χ0) is 22.1. The number of furan rings is 1. The average Bonchev–Trinajstić information content (AvgIpc) is 3.29. The van der Waals surface area contributed by atoms with Crippen molar-refractivity contribution >= 4 is 23.2 Å². The highest BCUT2D eigenvalue weighted by Gasteiger charge is 2.07. The molecule has 7 heteroatoms. The van der Waals surface area contributed by atoms with Crippen molar-refractivity contribution in [2.45, 2.75) is 13.5 Å². The topological polar surface area (TPSA) is 92.6 Å². The minimum absolute atomic E-state index is 0.0952. The Hall–Kier alpha value is -4.00. The fourth-order valence-corrected chi connectivity index (χ4v) is 2.65. The Kier molecular flexibility index (Phi) is 7.48. The molecule has 0 bridgehead atoms. The second-order valence-corrected chi connectivity index (χ2v) is 7.01. The first kappa shape index (κ1) is 21.7. The molecule has 1 aromatic heterocycles. The molecule has 0 unspecified atom stereocenters. The maximum atomic E-state index is 12.2. The Bertz CT molecular complexity index is 1010. The maximum Gasteiger partial charge on any atom is 0.251 e. The molecule has 2 aromatic carbocycles. The number of amides is 2. The summed E-state index contributed by atoms with van der Waals surface area (Å²) in [5.74, 6) is 1.02. The van der Waals surface area contributed by atoms with E-state index in [-0.39, 0.29) is 18.4 Å². The van der Waals surface area contributed by atoms with Gasteiger partial charge in [-0.25, -0.2) is 0 Å². The summed E-state index contributed by atoms with van der Waals surface area (Å²) in [7, 11) is 0. The second-order valence-electron chi connectivity index (χ2n) is 7.01. The fraction of sp³-hybridized carbons (Fsp3) is 0.167. The van der Waals surface area contributed by atoms with Gasteiger partial charge in [0.25, 0.3) is 5.91 Å². The van der Waals surface area contributed by atoms with Crippen LogP contribution in [0.5, 0.6) is 5.75 Å². The number of hydrogen-bond acceptors (Lipinski definition) is 5. The van der Waals surface area contributed by atoms with Crippen molar-refractivity contribution in [2.24, 2.45) is 0 Å². The molecule has 31 heavy (non-hydrogen) atoms. The van der Waals surface area contributed by atoms with Crippen LogP contribution in [0.15, 0.2) is 83.5 Å². The van der Waals surface area contributed by atoms with Crippen LogP contribution in [0.25, 0.3) is 0 Å². The summed E-state index contributed by atoms with van der Waals surface area (Å²) in [4.78, 5) is 24.3. The van der Waals surface area contributed by atoms with Crippen molar-refractivity contribution in [1.29, 1.82) is 0 Å². The molecule has 0 spiro atoms. The third-order valence-electron chi connectivity index (χ3n) is 4.23. The van der Waals surface area contributed by atoms with Crippen LogP contribution in [0.1, 0.15) is 23.0 Å². The lowest BCUT2D eigenvalue weighted by Crippen LogP contribution is -2.23. The predicted molar refractivity (Wildman–Crippen MR) is 120 cm³/mol. The molecular weight excluding hydrogens is 394 g/mol. The molecule has 2 amide bonds. The van der Waals surface area contributed by atoms with Gasteiger partial charge in [0.1, 0.15) is 18.1 Å². The predicted octanol–water partition coefficient (Wildman–Crippen LogP) is 4.22. The molecule has 3 rings (SSSR count). The minimum Gasteiger partial charge on any atom is -0.489 e. The highest BCUT2D eigenvalue weighted by Crippen LogP contribution is 2.16. The number of hydrogen-bond donors (Lipinski definition) is 3. The van der Waals surface area contributed by atoms with E-state index in [4.69, 9.17) is 9.15 Å². The van der Waals surface area contributed by atoms with Crippen molar-refractivity contribution in [3.8, 4) is 5.75 Å². The van der Waals surface area contributed by atoms with Crippen molar-refractivity contribution in [3.63, 3.8) is 0 Å². The van der Waals surface area contributed by atoms with Gasteiger partial charge >= 0.3 is 0 Å². The Morgan fingerprint density at radius 3 is 2.35 bits per heavy atom. The van der Waals surface area contributed by atoms with Gasteiger partial charge in [0.05, 0.1) is 19.4 Å². The van der Waals surface area contributed by atoms with E-state index < -0.39 is 0 Å². The number of rotatable bonds is 10. The fourth-order valence-electron chi connectivity index (χ4n) is 2.65. The van der Waals surface area contributed by atoms with Gasteiger partial charge in [0.2, 0.25) is 5.91 Å². The summed E-state index contributed by atoms with van der Waals surface area (Å²) >= 11 is 0. The van der Waals surface area contributed by atoms with Gasteiger partial charge in [0, 0.05) is 16.9 Å². The van der Waals surface area contributed by atoms with Crippen LogP contribution in [-0.2, 0) is 11.3 Å².